The monoisotopic (exact) mass is 365 g/mol. The van der Waals surface area contributed by atoms with Gasteiger partial charge in [-0.1, -0.05) is 6.92 Å². The fourth-order valence-electron chi connectivity index (χ4n) is 3.94. The molecular weight excluding hydrogens is 342 g/mol. The third-order valence-electron chi connectivity index (χ3n) is 5.45. The lowest BCUT2D eigenvalue weighted by atomic mass is 9.86. The van der Waals surface area contributed by atoms with E-state index in [0.29, 0.717) is 36.8 Å². The van der Waals surface area contributed by atoms with Crippen LogP contribution in [0.1, 0.15) is 25.8 Å². The lowest BCUT2D eigenvalue weighted by molar-refractivity contribution is -0.158. The largest absolute Gasteiger partial charge is 0.379 e. The summed E-state index contributed by atoms with van der Waals surface area (Å²) < 4.78 is 5.22. The first-order chi connectivity index (χ1) is 13.0. The molecule has 0 bridgehead atoms. The van der Waals surface area contributed by atoms with E-state index in [9.17, 15) is 10.1 Å². The van der Waals surface area contributed by atoms with Gasteiger partial charge in [0.25, 0.3) is 0 Å². The molecular formula is C20H23N5O2. The standard InChI is InChI=1S/C20H23N5O2/c1-13-7-15(24-19(26)20(2)11-27-12-20)10-25(9-13)16-4-3-14(8-21)17-18(16)23-6-5-22-17/h3-6,13,15H,7,9-12H2,1-2H3,(H,24,26)/t13-,15+/m0/s1. The van der Waals surface area contributed by atoms with Crippen molar-refractivity contribution in [1.29, 1.82) is 5.26 Å². The quantitative estimate of drug-likeness (QED) is 0.893. The van der Waals surface area contributed by atoms with Crippen molar-refractivity contribution in [2.45, 2.75) is 26.3 Å². The molecule has 2 aromatic rings. The SMILES string of the molecule is C[C@H]1C[C@@H](NC(=O)C2(C)COC2)CN(c2ccc(C#N)c3nccnc23)C1. The molecule has 0 saturated carbocycles. The molecule has 27 heavy (non-hydrogen) atoms. The van der Waals surface area contributed by atoms with Crippen LogP contribution in [0.25, 0.3) is 11.0 Å². The predicted octanol–water partition coefficient (Wildman–Crippen LogP) is 1.87. The van der Waals surface area contributed by atoms with Crippen molar-refractivity contribution >= 4 is 22.6 Å². The van der Waals surface area contributed by atoms with Crippen LogP contribution in [0.3, 0.4) is 0 Å². The smallest absolute Gasteiger partial charge is 0.230 e. The van der Waals surface area contributed by atoms with E-state index in [0.717, 1.165) is 24.2 Å². The van der Waals surface area contributed by atoms with Gasteiger partial charge in [-0.05, 0) is 31.4 Å². The second kappa shape index (κ2) is 6.78. The van der Waals surface area contributed by atoms with Gasteiger partial charge in [-0.3, -0.25) is 14.8 Å². The van der Waals surface area contributed by atoms with Gasteiger partial charge in [0.1, 0.15) is 17.1 Å². The minimum atomic E-state index is -0.405. The number of piperidine rings is 1. The van der Waals surface area contributed by atoms with Crippen LogP contribution in [-0.2, 0) is 9.53 Å². The van der Waals surface area contributed by atoms with Crippen LogP contribution in [0.15, 0.2) is 24.5 Å². The number of hydrogen-bond donors (Lipinski definition) is 1. The van der Waals surface area contributed by atoms with E-state index in [4.69, 9.17) is 4.74 Å². The Labute approximate surface area is 158 Å². The molecule has 1 amide bonds. The van der Waals surface area contributed by atoms with Crippen molar-refractivity contribution < 1.29 is 9.53 Å². The molecule has 2 aliphatic rings. The topological polar surface area (TPSA) is 91.1 Å². The summed E-state index contributed by atoms with van der Waals surface area (Å²) in [6.07, 6.45) is 4.20. The Balaban J connectivity index is 1.60. The highest BCUT2D eigenvalue weighted by Crippen LogP contribution is 2.31. The summed E-state index contributed by atoms with van der Waals surface area (Å²) in [5.41, 5.74) is 2.43. The first-order valence-corrected chi connectivity index (χ1v) is 9.27. The van der Waals surface area contributed by atoms with Gasteiger partial charge < -0.3 is 15.0 Å². The van der Waals surface area contributed by atoms with Crippen LogP contribution in [0.2, 0.25) is 0 Å². The molecule has 3 heterocycles. The number of carbonyl (C=O) groups excluding carboxylic acids is 1. The summed E-state index contributed by atoms with van der Waals surface area (Å²) in [7, 11) is 0. The molecule has 7 heteroatoms. The van der Waals surface area contributed by atoms with Crippen molar-refractivity contribution in [3.05, 3.63) is 30.1 Å². The van der Waals surface area contributed by atoms with Crippen molar-refractivity contribution in [2.75, 3.05) is 31.2 Å². The number of anilines is 1. The molecule has 0 unspecified atom stereocenters. The average molecular weight is 365 g/mol. The van der Waals surface area contributed by atoms with Gasteiger partial charge in [0.2, 0.25) is 5.91 Å². The summed E-state index contributed by atoms with van der Waals surface area (Å²) in [6, 6.07) is 5.99. The van der Waals surface area contributed by atoms with Crippen LogP contribution in [-0.4, -0.2) is 48.2 Å². The van der Waals surface area contributed by atoms with E-state index in [-0.39, 0.29) is 11.9 Å². The van der Waals surface area contributed by atoms with E-state index < -0.39 is 5.41 Å². The molecule has 2 aliphatic heterocycles. The molecule has 2 atom stereocenters. The van der Waals surface area contributed by atoms with Gasteiger partial charge in [-0.2, -0.15) is 5.26 Å². The third kappa shape index (κ3) is 3.21. The molecule has 1 aromatic carbocycles. The van der Waals surface area contributed by atoms with Gasteiger partial charge in [0, 0.05) is 31.5 Å². The summed E-state index contributed by atoms with van der Waals surface area (Å²) in [5.74, 6) is 0.495. The van der Waals surface area contributed by atoms with Crippen molar-refractivity contribution in [1.82, 2.24) is 15.3 Å². The lowest BCUT2D eigenvalue weighted by Gasteiger charge is -2.41. The van der Waals surface area contributed by atoms with Crippen LogP contribution >= 0.6 is 0 Å². The Hall–Kier alpha value is -2.72. The summed E-state index contributed by atoms with van der Waals surface area (Å²) in [4.78, 5) is 23.7. The van der Waals surface area contributed by atoms with Crippen LogP contribution in [0.4, 0.5) is 5.69 Å². The lowest BCUT2D eigenvalue weighted by Crippen LogP contribution is -2.58. The van der Waals surface area contributed by atoms with E-state index in [1.165, 1.54) is 0 Å². The van der Waals surface area contributed by atoms with Gasteiger partial charge in [0.15, 0.2) is 0 Å². The predicted molar refractivity (Wildman–Crippen MR) is 101 cm³/mol. The fourth-order valence-corrected chi connectivity index (χ4v) is 3.94. The number of fused-ring (bicyclic) bond motifs is 1. The minimum Gasteiger partial charge on any atom is -0.379 e. The number of hydrogen-bond acceptors (Lipinski definition) is 6. The van der Waals surface area contributed by atoms with Gasteiger partial charge in [-0.15, -0.1) is 0 Å². The highest BCUT2D eigenvalue weighted by Gasteiger charge is 2.42. The highest BCUT2D eigenvalue weighted by atomic mass is 16.5. The zero-order chi connectivity index (χ0) is 19.0. The zero-order valence-electron chi connectivity index (χ0n) is 15.6. The Kier molecular flexibility index (Phi) is 4.44. The Morgan fingerprint density at radius 3 is 2.70 bits per heavy atom. The average Bonchev–Trinajstić information content (AvgIpc) is 2.64. The summed E-state index contributed by atoms with van der Waals surface area (Å²) in [5, 5.41) is 12.5. The maximum absolute atomic E-state index is 12.6. The van der Waals surface area contributed by atoms with E-state index in [2.05, 4.69) is 33.2 Å². The number of rotatable bonds is 3. The maximum atomic E-state index is 12.6. The van der Waals surface area contributed by atoms with Crippen LogP contribution in [0.5, 0.6) is 0 Å². The van der Waals surface area contributed by atoms with Crippen molar-refractivity contribution in [2.24, 2.45) is 11.3 Å². The highest BCUT2D eigenvalue weighted by molar-refractivity contribution is 5.92. The number of carbonyl (C=O) groups is 1. The Bertz CT molecular complexity index is 918. The molecule has 0 aliphatic carbocycles. The molecule has 1 N–H and O–H groups in total. The molecule has 1 aromatic heterocycles. The molecule has 140 valence electrons. The maximum Gasteiger partial charge on any atom is 0.230 e. The zero-order valence-corrected chi connectivity index (χ0v) is 15.6. The van der Waals surface area contributed by atoms with Crippen LogP contribution in [0, 0.1) is 22.7 Å². The summed E-state index contributed by atoms with van der Waals surface area (Å²) >= 11 is 0. The second-order valence-corrected chi connectivity index (χ2v) is 7.97. The number of nitrogens with zero attached hydrogens (tertiary/aromatic N) is 4. The Morgan fingerprint density at radius 2 is 2.04 bits per heavy atom. The molecule has 2 fully saturated rings. The normalized spacial score (nSPS) is 24.1. The molecule has 2 saturated heterocycles. The number of aromatic nitrogens is 2. The van der Waals surface area contributed by atoms with Gasteiger partial charge in [-0.25, -0.2) is 0 Å². The minimum absolute atomic E-state index is 0.0669. The second-order valence-electron chi connectivity index (χ2n) is 7.97. The number of nitrogens with one attached hydrogen (secondary N) is 1. The molecule has 4 rings (SSSR count). The van der Waals surface area contributed by atoms with E-state index in [1.807, 2.05) is 13.0 Å². The number of nitriles is 1. The Morgan fingerprint density at radius 1 is 1.30 bits per heavy atom. The van der Waals surface area contributed by atoms with Crippen molar-refractivity contribution in [3.63, 3.8) is 0 Å². The van der Waals surface area contributed by atoms with Crippen molar-refractivity contribution in [3.8, 4) is 6.07 Å². The van der Waals surface area contributed by atoms with Gasteiger partial charge >= 0.3 is 0 Å². The van der Waals surface area contributed by atoms with E-state index >= 15 is 0 Å². The first-order valence-electron chi connectivity index (χ1n) is 9.27. The number of benzene rings is 1. The fraction of sp³-hybridized carbons (Fsp3) is 0.500. The van der Waals surface area contributed by atoms with Gasteiger partial charge in [0.05, 0.1) is 29.9 Å². The molecule has 0 radical (unpaired) electrons. The van der Waals surface area contributed by atoms with Crippen LogP contribution < -0.4 is 10.2 Å². The number of ether oxygens (including phenoxy) is 1. The summed E-state index contributed by atoms with van der Waals surface area (Å²) in [6.45, 7) is 6.70. The molecule has 0 spiro atoms. The third-order valence-corrected chi connectivity index (χ3v) is 5.45. The number of amides is 1. The van der Waals surface area contributed by atoms with E-state index in [1.54, 1.807) is 18.5 Å². The molecule has 7 nitrogen and oxygen atoms in total. The first kappa shape index (κ1) is 17.7.